The Morgan fingerprint density at radius 3 is 2.42 bits per heavy atom. The average molecular weight is 373 g/mol. The molecule has 130 valence electrons. The maximum atomic E-state index is 13.0. The van der Waals surface area contributed by atoms with Gasteiger partial charge in [-0.3, -0.25) is 4.79 Å². The molecule has 2 aromatic rings. The zero-order chi connectivity index (χ0) is 17.9. The summed E-state index contributed by atoms with van der Waals surface area (Å²) in [6.07, 6.45) is 1.01. The minimum absolute atomic E-state index is 0.00779. The Labute approximate surface area is 143 Å². The molecule has 0 aliphatic carbocycles. The lowest BCUT2D eigenvalue weighted by molar-refractivity contribution is -0.120. The molecule has 0 unspecified atom stereocenters. The number of hydrogen-bond acceptors (Lipinski definition) is 7. The summed E-state index contributed by atoms with van der Waals surface area (Å²) in [5.41, 5.74) is 0.536. The molecule has 24 heavy (non-hydrogen) atoms. The minimum atomic E-state index is -3.46. The molecular formula is C14H16FN3O4S2. The third-order valence-electron chi connectivity index (χ3n) is 2.91. The molecule has 0 N–H and O–H groups in total. The van der Waals surface area contributed by atoms with E-state index in [2.05, 4.69) is 10.2 Å². The Kier molecular flexibility index (Phi) is 5.50. The van der Waals surface area contributed by atoms with Crippen LogP contribution >= 0.6 is 11.3 Å². The van der Waals surface area contributed by atoms with Crippen molar-refractivity contribution < 1.29 is 22.3 Å². The van der Waals surface area contributed by atoms with E-state index < -0.39 is 15.7 Å². The summed E-state index contributed by atoms with van der Waals surface area (Å²) in [6, 6.07) is 5.36. The fourth-order valence-electron chi connectivity index (χ4n) is 1.93. The van der Waals surface area contributed by atoms with Crippen molar-refractivity contribution >= 4 is 32.8 Å². The molecule has 0 saturated heterocycles. The van der Waals surface area contributed by atoms with E-state index in [0.717, 1.165) is 17.6 Å². The molecule has 1 amide bonds. The predicted octanol–water partition coefficient (Wildman–Crippen LogP) is 1.90. The van der Waals surface area contributed by atoms with E-state index in [1.54, 1.807) is 0 Å². The Balaban J connectivity index is 2.08. The van der Waals surface area contributed by atoms with E-state index in [-0.39, 0.29) is 28.1 Å². The Morgan fingerprint density at radius 1 is 1.29 bits per heavy atom. The molecule has 1 aromatic carbocycles. The van der Waals surface area contributed by atoms with Crippen LogP contribution in [0.1, 0.15) is 13.8 Å². The first-order valence-corrected chi connectivity index (χ1v) is 9.63. The quantitative estimate of drug-likeness (QED) is 0.768. The van der Waals surface area contributed by atoms with Gasteiger partial charge in [0.25, 0.3) is 11.1 Å². The van der Waals surface area contributed by atoms with E-state index in [9.17, 15) is 17.6 Å². The van der Waals surface area contributed by atoms with Crippen LogP contribution in [0.3, 0.4) is 0 Å². The summed E-state index contributed by atoms with van der Waals surface area (Å²) in [6.45, 7) is 3.29. The van der Waals surface area contributed by atoms with Crippen molar-refractivity contribution in [2.24, 2.45) is 0 Å². The Morgan fingerprint density at radius 2 is 1.92 bits per heavy atom. The highest BCUT2D eigenvalue weighted by molar-refractivity contribution is 7.92. The molecule has 0 spiro atoms. The van der Waals surface area contributed by atoms with Crippen molar-refractivity contribution in [2.45, 2.75) is 24.2 Å². The van der Waals surface area contributed by atoms with Crippen LogP contribution in [0.5, 0.6) is 5.19 Å². The number of aromatic nitrogens is 2. The van der Waals surface area contributed by atoms with Gasteiger partial charge in [0.1, 0.15) is 5.82 Å². The van der Waals surface area contributed by atoms with Crippen molar-refractivity contribution in [1.29, 1.82) is 0 Å². The van der Waals surface area contributed by atoms with Gasteiger partial charge in [0.05, 0.1) is 0 Å². The fraction of sp³-hybridized carbons (Fsp3) is 0.357. The fourth-order valence-corrected chi connectivity index (χ4v) is 3.37. The normalized spacial score (nSPS) is 11.5. The lowest BCUT2D eigenvalue weighted by atomic mass is 10.2. The molecule has 10 heteroatoms. The van der Waals surface area contributed by atoms with E-state index >= 15 is 0 Å². The highest BCUT2D eigenvalue weighted by Gasteiger charge is 2.21. The zero-order valence-corrected chi connectivity index (χ0v) is 14.9. The van der Waals surface area contributed by atoms with E-state index in [4.69, 9.17) is 4.74 Å². The standard InChI is InChI=1S/C14H16FN3O4S2/c1-9(2)18(11-6-4-10(15)5-7-11)12(19)8-22-13-16-17-14(23-13)24(3,20)21/h4-7,9H,8H2,1-3H3. The van der Waals surface area contributed by atoms with Crippen molar-refractivity contribution in [1.82, 2.24) is 10.2 Å². The molecule has 1 aromatic heterocycles. The summed E-state index contributed by atoms with van der Waals surface area (Å²) < 4.78 is 40.8. The van der Waals surface area contributed by atoms with Gasteiger partial charge < -0.3 is 9.64 Å². The third kappa shape index (κ3) is 4.48. The summed E-state index contributed by atoms with van der Waals surface area (Å²) in [7, 11) is -3.46. The molecular weight excluding hydrogens is 357 g/mol. The SMILES string of the molecule is CC(C)N(C(=O)COc1nnc(S(C)(=O)=O)s1)c1ccc(F)cc1. The van der Waals surface area contributed by atoms with Crippen LogP contribution in [0.15, 0.2) is 28.6 Å². The van der Waals surface area contributed by atoms with Crippen molar-refractivity contribution in [2.75, 3.05) is 17.8 Å². The van der Waals surface area contributed by atoms with Crippen LogP contribution < -0.4 is 9.64 Å². The molecule has 0 aliphatic rings. The number of rotatable bonds is 6. The Bertz CT molecular complexity index is 819. The van der Waals surface area contributed by atoms with E-state index in [1.165, 1.54) is 29.2 Å². The van der Waals surface area contributed by atoms with Crippen molar-refractivity contribution in [3.05, 3.63) is 30.1 Å². The maximum Gasteiger partial charge on any atom is 0.295 e. The number of carbonyl (C=O) groups excluding carboxylic acids is 1. The number of nitrogens with zero attached hydrogens (tertiary/aromatic N) is 3. The summed E-state index contributed by atoms with van der Waals surface area (Å²) in [5, 5.41) is 7.08. The topological polar surface area (TPSA) is 89.5 Å². The van der Waals surface area contributed by atoms with Gasteiger partial charge >= 0.3 is 0 Å². The number of anilines is 1. The number of carbonyl (C=O) groups is 1. The van der Waals surface area contributed by atoms with Crippen LogP contribution in [-0.2, 0) is 14.6 Å². The number of hydrogen-bond donors (Lipinski definition) is 0. The van der Waals surface area contributed by atoms with Crippen LogP contribution in [0.25, 0.3) is 0 Å². The molecule has 1 heterocycles. The van der Waals surface area contributed by atoms with E-state index in [1.807, 2.05) is 13.8 Å². The van der Waals surface area contributed by atoms with Gasteiger partial charge in [0.2, 0.25) is 14.2 Å². The second kappa shape index (κ2) is 7.22. The van der Waals surface area contributed by atoms with Crippen LogP contribution in [0.4, 0.5) is 10.1 Å². The summed E-state index contributed by atoms with van der Waals surface area (Å²) in [5.74, 6) is -0.763. The molecule has 0 bridgehead atoms. The van der Waals surface area contributed by atoms with Gasteiger partial charge in [-0.25, -0.2) is 12.8 Å². The highest BCUT2D eigenvalue weighted by Crippen LogP contribution is 2.22. The average Bonchev–Trinajstić information content (AvgIpc) is 2.96. The molecule has 7 nitrogen and oxygen atoms in total. The van der Waals surface area contributed by atoms with Gasteiger partial charge in [0.15, 0.2) is 6.61 Å². The van der Waals surface area contributed by atoms with Gasteiger partial charge in [-0.1, -0.05) is 5.10 Å². The number of sulfone groups is 1. The number of ether oxygens (including phenoxy) is 1. The largest absolute Gasteiger partial charge is 0.459 e. The summed E-state index contributed by atoms with van der Waals surface area (Å²) in [4.78, 5) is 13.8. The van der Waals surface area contributed by atoms with Crippen molar-refractivity contribution in [3.8, 4) is 5.19 Å². The minimum Gasteiger partial charge on any atom is -0.459 e. The van der Waals surface area contributed by atoms with Gasteiger partial charge in [-0.15, -0.1) is 5.10 Å². The molecule has 0 atom stereocenters. The van der Waals surface area contributed by atoms with Gasteiger partial charge in [-0.2, -0.15) is 0 Å². The van der Waals surface area contributed by atoms with Crippen LogP contribution in [0, 0.1) is 5.82 Å². The lowest BCUT2D eigenvalue weighted by Crippen LogP contribution is -2.40. The van der Waals surface area contributed by atoms with Gasteiger partial charge in [-0.05, 0) is 49.4 Å². The second-order valence-corrected chi connectivity index (χ2v) is 8.36. The summed E-state index contributed by atoms with van der Waals surface area (Å²) >= 11 is 0.747. The second-order valence-electron chi connectivity index (χ2n) is 5.23. The smallest absolute Gasteiger partial charge is 0.295 e. The number of amides is 1. The van der Waals surface area contributed by atoms with Crippen LogP contribution in [0.2, 0.25) is 0 Å². The number of halogens is 1. The van der Waals surface area contributed by atoms with Crippen LogP contribution in [-0.4, -0.2) is 43.4 Å². The molecule has 0 saturated carbocycles. The molecule has 2 rings (SSSR count). The first kappa shape index (κ1) is 18.3. The van der Waals surface area contributed by atoms with E-state index in [0.29, 0.717) is 5.69 Å². The third-order valence-corrected chi connectivity index (χ3v) is 5.42. The molecule has 0 fully saturated rings. The van der Waals surface area contributed by atoms with Crippen molar-refractivity contribution in [3.63, 3.8) is 0 Å². The first-order chi connectivity index (χ1) is 11.2. The maximum absolute atomic E-state index is 13.0. The Hall–Kier alpha value is -2.07. The molecule has 0 aliphatic heterocycles. The predicted molar refractivity (Wildman–Crippen MR) is 87.5 cm³/mol. The zero-order valence-electron chi connectivity index (χ0n) is 13.3. The monoisotopic (exact) mass is 373 g/mol. The highest BCUT2D eigenvalue weighted by atomic mass is 32.2. The molecule has 0 radical (unpaired) electrons. The lowest BCUT2D eigenvalue weighted by Gasteiger charge is -2.26. The number of benzene rings is 1. The van der Waals surface area contributed by atoms with Gasteiger partial charge in [0, 0.05) is 18.0 Å². The first-order valence-electron chi connectivity index (χ1n) is 6.92.